The summed E-state index contributed by atoms with van der Waals surface area (Å²) in [6.07, 6.45) is -2.11. The quantitative estimate of drug-likeness (QED) is 0.633. The van der Waals surface area contributed by atoms with Crippen LogP contribution in [0, 0.1) is 5.92 Å². The summed E-state index contributed by atoms with van der Waals surface area (Å²) in [6, 6.07) is 0. The summed E-state index contributed by atoms with van der Waals surface area (Å²) in [5.74, 6) is 0.392. The highest BCUT2D eigenvalue weighted by Crippen LogP contribution is 2.19. The van der Waals surface area contributed by atoms with E-state index in [9.17, 15) is 4.39 Å². The van der Waals surface area contributed by atoms with Crippen molar-refractivity contribution in [3.8, 4) is 0 Å². The van der Waals surface area contributed by atoms with Gasteiger partial charge in [0, 0.05) is 5.92 Å². The van der Waals surface area contributed by atoms with E-state index in [-0.39, 0.29) is 13.2 Å². The zero-order valence-corrected chi connectivity index (χ0v) is 8.15. The number of halogens is 1. The van der Waals surface area contributed by atoms with E-state index in [4.69, 9.17) is 18.9 Å². The first-order valence-electron chi connectivity index (χ1n) is 4.86. The lowest BCUT2D eigenvalue weighted by Crippen LogP contribution is -2.46. The van der Waals surface area contributed by atoms with Crippen molar-refractivity contribution >= 4 is 0 Å². The summed E-state index contributed by atoms with van der Waals surface area (Å²) < 4.78 is 33.6. The molecule has 0 amide bonds. The van der Waals surface area contributed by atoms with Gasteiger partial charge in [0.25, 0.3) is 0 Å². The van der Waals surface area contributed by atoms with E-state index in [1.165, 1.54) is 0 Å². The zero-order chi connectivity index (χ0) is 9.97. The van der Waals surface area contributed by atoms with Gasteiger partial charge in [0.05, 0.1) is 26.4 Å². The minimum Gasteiger partial charge on any atom is -0.348 e. The Morgan fingerprint density at radius 1 is 0.857 bits per heavy atom. The molecule has 2 saturated heterocycles. The third-order valence-electron chi connectivity index (χ3n) is 2.19. The van der Waals surface area contributed by atoms with Crippen molar-refractivity contribution in [2.75, 3.05) is 26.4 Å². The third-order valence-corrected chi connectivity index (χ3v) is 2.19. The summed E-state index contributed by atoms with van der Waals surface area (Å²) in [5, 5.41) is 0. The molecular weight excluding hydrogens is 191 g/mol. The summed E-state index contributed by atoms with van der Waals surface area (Å²) in [5.41, 5.74) is 0. The molecule has 0 radical (unpaired) electrons. The van der Waals surface area contributed by atoms with E-state index in [1.54, 1.807) is 0 Å². The molecule has 0 aliphatic carbocycles. The average molecular weight is 206 g/mol. The second-order valence-electron chi connectivity index (χ2n) is 3.77. The van der Waals surface area contributed by atoms with Crippen LogP contribution in [0.4, 0.5) is 4.39 Å². The Bertz CT molecular complexity index is 154. The summed E-state index contributed by atoms with van der Waals surface area (Å²) in [7, 11) is 0. The topological polar surface area (TPSA) is 36.9 Å². The van der Waals surface area contributed by atoms with E-state index < -0.39 is 18.8 Å². The summed E-state index contributed by atoms with van der Waals surface area (Å²) >= 11 is 0. The normalized spacial score (nSPS) is 45.0. The molecule has 0 spiro atoms. The van der Waals surface area contributed by atoms with E-state index in [2.05, 4.69) is 0 Å². The molecule has 0 aromatic carbocycles. The van der Waals surface area contributed by atoms with Gasteiger partial charge in [-0.05, 0) is 0 Å². The highest BCUT2D eigenvalue weighted by atomic mass is 19.1. The zero-order valence-electron chi connectivity index (χ0n) is 8.15. The fraction of sp³-hybridized carbons (Fsp3) is 1.00. The maximum absolute atomic E-state index is 12.7. The van der Waals surface area contributed by atoms with Crippen molar-refractivity contribution < 1.29 is 23.3 Å². The van der Waals surface area contributed by atoms with Crippen molar-refractivity contribution in [2.24, 2.45) is 5.92 Å². The molecule has 0 saturated carbocycles. The molecule has 4 nitrogen and oxygen atoms in total. The van der Waals surface area contributed by atoms with Crippen LogP contribution < -0.4 is 0 Å². The van der Waals surface area contributed by atoms with Gasteiger partial charge in [0.15, 0.2) is 0 Å². The molecule has 82 valence electrons. The Balaban J connectivity index is 1.78. The molecule has 0 bridgehead atoms. The number of hydrogen-bond donors (Lipinski definition) is 0. The fourth-order valence-corrected chi connectivity index (χ4v) is 1.42. The SMILES string of the molecule is CC1COC(C2OCC(F)CO2)OC1. The van der Waals surface area contributed by atoms with Crippen molar-refractivity contribution in [1.82, 2.24) is 0 Å². The van der Waals surface area contributed by atoms with Crippen LogP contribution in [0.25, 0.3) is 0 Å². The second-order valence-corrected chi connectivity index (χ2v) is 3.77. The lowest BCUT2D eigenvalue weighted by Gasteiger charge is -2.35. The molecule has 2 rings (SSSR count). The highest BCUT2D eigenvalue weighted by molar-refractivity contribution is 4.66. The number of ether oxygens (including phenoxy) is 4. The van der Waals surface area contributed by atoms with E-state index in [0.717, 1.165) is 0 Å². The van der Waals surface area contributed by atoms with Gasteiger partial charge < -0.3 is 18.9 Å². The molecule has 0 atom stereocenters. The Morgan fingerprint density at radius 3 is 1.79 bits per heavy atom. The van der Waals surface area contributed by atoms with Gasteiger partial charge in [-0.3, -0.25) is 0 Å². The van der Waals surface area contributed by atoms with Gasteiger partial charge in [-0.25, -0.2) is 4.39 Å². The van der Waals surface area contributed by atoms with Crippen molar-refractivity contribution in [2.45, 2.75) is 25.7 Å². The smallest absolute Gasteiger partial charge is 0.209 e. The molecule has 0 aromatic heterocycles. The van der Waals surface area contributed by atoms with Crippen LogP contribution in [0.5, 0.6) is 0 Å². The van der Waals surface area contributed by atoms with Gasteiger partial charge in [0.1, 0.15) is 6.17 Å². The van der Waals surface area contributed by atoms with Crippen LogP contribution in [0.2, 0.25) is 0 Å². The second kappa shape index (κ2) is 4.53. The molecule has 0 N–H and O–H groups in total. The molecule has 2 aliphatic heterocycles. The fourth-order valence-electron chi connectivity index (χ4n) is 1.42. The van der Waals surface area contributed by atoms with E-state index >= 15 is 0 Å². The van der Waals surface area contributed by atoms with Gasteiger partial charge in [-0.15, -0.1) is 0 Å². The first kappa shape index (κ1) is 10.3. The molecule has 2 fully saturated rings. The largest absolute Gasteiger partial charge is 0.348 e. The lowest BCUT2D eigenvalue weighted by molar-refractivity contribution is -0.329. The predicted molar refractivity (Wildman–Crippen MR) is 45.4 cm³/mol. The first-order chi connectivity index (χ1) is 6.75. The lowest BCUT2D eigenvalue weighted by atomic mass is 10.2. The van der Waals surface area contributed by atoms with Gasteiger partial charge >= 0.3 is 0 Å². The van der Waals surface area contributed by atoms with Crippen LogP contribution in [0.3, 0.4) is 0 Å². The number of alkyl halides is 1. The van der Waals surface area contributed by atoms with Crippen LogP contribution >= 0.6 is 0 Å². The molecular formula is C9H15FO4. The van der Waals surface area contributed by atoms with Crippen LogP contribution in [-0.4, -0.2) is 45.2 Å². The molecule has 0 aromatic rings. The van der Waals surface area contributed by atoms with Gasteiger partial charge in [-0.1, -0.05) is 6.92 Å². The maximum Gasteiger partial charge on any atom is 0.209 e. The molecule has 2 heterocycles. The molecule has 5 heteroatoms. The van der Waals surface area contributed by atoms with E-state index in [0.29, 0.717) is 19.1 Å². The third kappa shape index (κ3) is 2.42. The Labute approximate surface area is 82.3 Å². The summed E-state index contributed by atoms with van der Waals surface area (Å²) in [6.45, 7) is 3.42. The monoisotopic (exact) mass is 206 g/mol. The molecule has 14 heavy (non-hydrogen) atoms. The minimum atomic E-state index is -1.03. The Kier molecular flexibility index (Phi) is 3.33. The van der Waals surface area contributed by atoms with Crippen LogP contribution in [-0.2, 0) is 18.9 Å². The summed E-state index contributed by atoms with van der Waals surface area (Å²) in [4.78, 5) is 0. The predicted octanol–water partition coefficient (Wildman–Crippen LogP) is 0.706. The number of rotatable bonds is 1. The molecule has 2 aliphatic rings. The van der Waals surface area contributed by atoms with Gasteiger partial charge in [-0.2, -0.15) is 0 Å². The average Bonchev–Trinajstić information content (AvgIpc) is 2.21. The van der Waals surface area contributed by atoms with Crippen LogP contribution in [0.1, 0.15) is 6.92 Å². The maximum atomic E-state index is 12.7. The van der Waals surface area contributed by atoms with E-state index in [1.807, 2.05) is 6.92 Å². The number of hydrogen-bond acceptors (Lipinski definition) is 4. The Morgan fingerprint density at radius 2 is 1.29 bits per heavy atom. The Hall–Kier alpha value is -0.230. The van der Waals surface area contributed by atoms with Crippen LogP contribution in [0.15, 0.2) is 0 Å². The van der Waals surface area contributed by atoms with Crippen molar-refractivity contribution in [3.63, 3.8) is 0 Å². The highest BCUT2D eigenvalue weighted by Gasteiger charge is 2.33. The van der Waals surface area contributed by atoms with Crippen molar-refractivity contribution in [3.05, 3.63) is 0 Å². The first-order valence-corrected chi connectivity index (χ1v) is 4.86. The standard InChI is InChI=1S/C9H15FO4/c1-6-2-11-8(12-3-6)9-13-4-7(10)5-14-9/h6-9H,2-5H2,1H3. The van der Waals surface area contributed by atoms with Crippen molar-refractivity contribution in [1.29, 1.82) is 0 Å². The molecule has 0 unspecified atom stereocenters. The van der Waals surface area contributed by atoms with Gasteiger partial charge in [0.2, 0.25) is 12.6 Å². The minimum absolute atomic E-state index is 0.0590.